The van der Waals surface area contributed by atoms with Gasteiger partial charge in [-0.3, -0.25) is 0 Å². The first-order valence-corrected chi connectivity index (χ1v) is 7.50. The van der Waals surface area contributed by atoms with Gasteiger partial charge in [0.25, 0.3) is 0 Å². The number of thioether (sulfide) groups is 1. The maximum absolute atomic E-state index is 6.03. The summed E-state index contributed by atoms with van der Waals surface area (Å²) >= 11 is 2.07. The smallest absolute Gasteiger partial charge is 0.0795 e. The Labute approximate surface area is 96.5 Å². The fourth-order valence-corrected chi connectivity index (χ4v) is 4.32. The molecule has 3 rings (SSSR count). The summed E-state index contributed by atoms with van der Waals surface area (Å²) < 4.78 is 6.03. The van der Waals surface area contributed by atoms with Gasteiger partial charge in [0.2, 0.25) is 0 Å². The second kappa shape index (κ2) is 4.27. The number of hydrogen-bond donors (Lipinski definition) is 1. The average Bonchev–Trinajstić information content (AvgIpc) is 2.60. The van der Waals surface area contributed by atoms with E-state index in [2.05, 4.69) is 17.1 Å². The van der Waals surface area contributed by atoms with Crippen molar-refractivity contribution < 1.29 is 4.74 Å². The van der Waals surface area contributed by atoms with Crippen LogP contribution in [-0.2, 0) is 4.74 Å². The van der Waals surface area contributed by atoms with E-state index in [0.717, 1.165) is 18.7 Å². The van der Waals surface area contributed by atoms with Gasteiger partial charge < -0.3 is 10.1 Å². The minimum atomic E-state index is 0.254. The summed E-state index contributed by atoms with van der Waals surface area (Å²) in [6, 6.07) is 1.57. The van der Waals surface area contributed by atoms with Gasteiger partial charge in [0.15, 0.2) is 0 Å². The molecule has 86 valence electrons. The molecule has 2 unspecified atom stereocenters. The molecule has 15 heavy (non-hydrogen) atoms. The molecule has 1 aliphatic carbocycles. The van der Waals surface area contributed by atoms with Crippen LogP contribution in [0.25, 0.3) is 0 Å². The van der Waals surface area contributed by atoms with Gasteiger partial charge in [0.05, 0.1) is 5.60 Å². The summed E-state index contributed by atoms with van der Waals surface area (Å²) in [5.74, 6) is 2.53. The van der Waals surface area contributed by atoms with E-state index < -0.39 is 0 Å². The lowest BCUT2D eigenvalue weighted by atomic mass is 9.87. The van der Waals surface area contributed by atoms with Crippen LogP contribution in [-0.4, -0.2) is 35.8 Å². The summed E-state index contributed by atoms with van der Waals surface area (Å²) in [5, 5.41) is 3.82. The SMILES string of the molecule is C1CC(NC2CCOC3(CCSC3)C2)C1. The summed E-state index contributed by atoms with van der Waals surface area (Å²) in [4.78, 5) is 0. The van der Waals surface area contributed by atoms with Crippen LogP contribution in [0.3, 0.4) is 0 Å². The van der Waals surface area contributed by atoms with Gasteiger partial charge in [-0.2, -0.15) is 11.8 Å². The van der Waals surface area contributed by atoms with Crippen molar-refractivity contribution >= 4 is 11.8 Å². The number of ether oxygens (including phenoxy) is 1. The molecule has 0 radical (unpaired) electrons. The van der Waals surface area contributed by atoms with Crippen LogP contribution in [0.2, 0.25) is 0 Å². The Balaban J connectivity index is 1.55. The first-order valence-electron chi connectivity index (χ1n) is 6.34. The lowest BCUT2D eigenvalue weighted by molar-refractivity contribution is -0.0723. The molecule has 0 aromatic heterocycles. The van der Waals surface area contributed by atoms with Crippen molar-refractivity contribution in [2.45, 2.75) is 56.2 Å². The lowest BCUT2D eigenvalue weighted by Gasteiger charge is -2.41. The third-order valence-electron chi connectivity index (χ3n) is 4.14. The molecule has 2 heterocycles. The van der Waals surface area contributed by atoms with Gasteiger partial charge >= 0.3 is 0 Å². The zero-order chi connectivity index (χ0) is 10.1. The van der Waals surface area contributed by atoms with Crippen LogP contribution in [0, 0.1) is 0 Å². The zero-order valence-corrected chi connectivity index (χ0v) is 10.2. The van der Waals surface area contributed by atoms with E-state index in [1.165, 1.54) is 50.0 Å². The summed E-state index contributed by atoms with van der Waals surface area (Å²) in [6.45, 7) is 0.977. The van der Waals surface area contributed by atoms with Gasteiger partial charge in [-0.1, -0.05) is 6.42 Å². The standard InChI is InChI=1S/C12H21NOS/c1-2-10(3-1)13-11-4-6-14-12(8-11)5-7-15-9-12/h10-11,13H,1-9H2. The Morgan fingerprint density at radius 3 is 2.80 bits per heavy atom. The van der Waals surface area contributed by atoms with Crippen molar-refractivity contribution in [3.63, 3.8) is 0 Å². The van der Waals surface area contributed by atoms with Crippen LogP contribution < -0.4 is 5.32 Å². The first kappa shape index (κ1) is 10.4. The van der Waals surface area contributed by atoms with Gasteiger partial charge in [-0.05, 0) is 37.9 Å². The molecule has 1 N–H and O–H groups in total. The van der Waals surface area contributed by atoms with Gasteiger partial charge in [0, 0.05) is 24.4 Å². The van der Waals surface area contributed by atoms with E-state index in [-0.39, 0.29) is 5.60 Å². The van der Waals surface area contributed by atoms with E-state index in [9.17, 15) is 0 Å². The Morgan fingerprint density at radius 1 is 1.20 bits per heavy atom. The van der Waals surface area contributed by atoms with Crippen LogP contribution >= 0.6 is 11.8 Å². The highest BCUT2D eigenvalue weighted by Gasteiger charge is 2.40. The largest absolute Gasteiger partial charge is 0.374 e. The summed E-state index contributed by atoms with van der Waals surface area (Å²) in [5.41, 5.74) is 0.254. The average molecular weight is 227 g/mol. The van der Waals surface area contributed by atoms with E-state index in [0.29, 0.717) is 0 Å². The molecule has 2 atom stereocenters. The molecule has 0 aromatic carbocycles. The second-order valence-electron chi connectivity index (χ2n) is 5.32. The zero-order valence-electron chi connectivity index (χ0n) is 9.34. The number of hydrogen-bond acceptors (Lipinski definition) is 3. The molecule has 3 aliphatic rings. The van der Waals surface area contributed by atoms with Crippen molar-refractivity contribution in [3.05, 3.63) is 0 Å². The lowest BCUT2D eigenvalue weighted by Crippen LogP contribution is -2.51. The fourth-order valence-electron chi connectivity index (χ4n) is 2.94. The van der Waals surface area contributed by atoms with Crippen molar-refractivity contribution in [1.29, 1.82) is 0 Å². The van der Waals surface area contributed by atoms with E-state index >= 15 is 0 Å². The van der Waals surface area contributed by atoms with Crippen molar-refractivity contribution in [2.75, 3.05) is 18.1 Å². The summed E-state index contributed by atoms with van der Waals surface area (Å²) in [7, 11) is 0. The van der Waals surface area contributed by atoms with Gasteiger partial charge in [-0.15, -0.1) is 0 Å². The predicted octanol–water partition coefficient (Wildman–Crippen LogP) is 2.18. The predicted molar refractivity (Wildman–Crippen MR) is 64.4 cm³/mol. The highest BCUT2D eigenvalue weighted by molar-refractivity contribution is 7.99. The maximum atomic E-state index is 6.03. The molecule has 2 aliphatic heterocycles. The molecule has 1 spiro atoms. The Bertz CT molecular complexity index is 224. The fraction of sp³-hybridized carbons (Fsp3) is 1.00. The van der Waals surface area contributed by atoms with Crippen LogP contribution in [0.4, 0.5) is 0 Å². The molecule has 0 amide bonds. The highest BCUT2D eigenvalue weighted by atomic mass is 32.2. The molecule has 2 saturated heterocycles. The van der Waals surface area contributed by atoms with Crippen LogP contribution in [0.5, 0.6) is 0 Å². The molecule has 3 heteroatoms. The Hall–Kier alpha value is 0.270. The Kier molecular flexibility index (Phi) is 2.97. The Morgan fingerprint density at radius 2 is 2.13 bits per heavy atom. The quantitative estimate of drug-likeness (QED) is 0.781. The van der Waals surface area contributed by atoms with Gasteiger partial charge in [-0.25, -0.2) is 0 Å². The van der Waals surface area contributed by atoms with Crippen LogP contribution in [0.1, 0.15) is 38.5 Å². The second-order valence-corrected chi connectivity index (χ2v) is 6.42. The van der Waals surface area contributed by atoms with Crippen molar-refractivity contribution in [3.8, 4) is 0 Å². The molecule has 2 nitrogen and oxygen atoms in total. The first-order chi connectivity index (χ1) is 7.36. The maximum Gasteiger partial charge on any atom is 0.0795 e. The normalized spacial score (nSPS) is 42.0. The molecular weight excluding hydrogens is 206 g/mol. The molecular formula is C12H21NOS. The molecule has 1 saturated carbocycles. The van der Waals surface area contributed by atoms with Crippen molar-refractivity contribution in [2.24, 2.45) is 0 Å². The monoisotopic (exact) mass is 227 g/mol. The number of rotatable bonds is 2. The van der Waals surface area contributed by atoms with E-state index in [1.807, 2.05) is 0 Å². The van der Waals surface area contributed by atoms with E-state index in [1.54, 1.807) is 0 Å². The molecule has 0 aromatic rings. The third kappa shape index (κ3) is 2.20. The molecule has 0 bridgehead atoms. The third-order valence-corrected chi connectivity index (χ3v) is 5.36. The molecule has 3 fully saturated rings. The topological polar surface area (TPSA) is 21.3 Å². The van der Waals surface area contributed by atoms with Crippen LogP contribution in [0.15, 0.2) is 0 Å². The summed E-state index contributed by atoms with van der Waals surface area (Å²) in [6.07, 6.45) is 8.00. The van der Waals surface area contributed by atoms with E-state index in [4.69, 9.17) is 4.74 Å². The minimum absolute atomic E-state index is 0.254. The highest BCUT2D eigenvalue weighted by Crippen LogP contribution is 2.38. The van der Waals surface area contributed by atoms with Crippen molar-refractivity contribution in [1.82, 2.24) is 5.32 Å². The number of nitrogens with one attached hydrogen (secondary N) is 1. The minimum Gasteiger partial charge on any atom is -0.374 e. The van der Waals surface area contributed by atoms with Gasteiger partial charge in [0.1, 0.15) is 0 Å².